The molecule has 3 heteroatoms. The number of fused-ring (bicyclic) bond motifs is 6. The van der Waals surface area contributed by atoms with E-state index in [1.807, 2.05) is 0 Å². The molecule has 236 valence electrons. The van der Waals surface area contributed by atoms with Crippen LogP contribution in [0.1, 0.15) is 96.3 Å². The molecule has 8 aliphatic carbocycles. The minimum atomic E-state index is -0.326. The zero-order valence-corrected chi connectivity index (χ0v) is 26.9. The largest absolute Gasteiger partial charge is 0.382 e. The third kappa shape index (κ3) is 4.05. The molecule has 0 aliphatic heterocycles. The van der Waals surface area contributed by atoms with E-state index in [4.69, 9.17) is 12.3 Å². The van der Waals surface area contributed by atoms with Gasteiger partial charge < -0.3 is 15.8 Å². The third-order valence-corrected chi connectivity index (χ3v) is 16.1. The minimum Gasteiger partial charge on any atom is -0.382 e. The maximum atomic E-state index is 12.8. The smallest absolute Gasteiger partial charge is 0.137 e. The Balaban J connectivity index is 1.01. The van der Waals surface area contributed by atoms with Crippen molar-refractivity contribution in [2.45, 2.75) is 108 Å². The van der Waals surface area contributed by atoms with Crippen molar-refractivity contribution in [2.75, 3.05) is 5.32 Å². The fraction of sp³-hybridized carbons (Fsp3) is 0.732. The van der Waals surface area contributed by atoms with E-state index in [2.05, 4.69) is 47.8 Å². The number of benzene rings is 1. The summed E-state index contributed by atoms with van der Waals surface area (Å²) in [6, 6.07) is 11.1. The van der Waals surface area contributed by atoms with Gasteiger partial charge in [0.15, 0.2) is 0 Å². The summed E-state index contributed by atoms with van der Waals surface area (Å²) >= 11 is 0. The molecule has 13 atom stereocenters. The number of hydrogen-bond acceptors (Lipinski definition) is 3. The average Bonchev–Trinajstić information content (AvgIpc) is 3.75. The molecule has 0 bridgehead atoms. The monoisotopic (exact) mass is 592 g/mol. The Morgan fingerprint density at radius 1 is 0.841 bits per heavy atom. The van der Waals surface area contributed by atoms with Crippen molar-refractivity contribution < 1.29 is 4.79 Å². The number of nitrogens with two attached hydrogens (primary N) is 1. The molecule has 0 unspecified atom stereocenters. The Morgan fingerprint density at radius 3 is 2.39 bits per heavy atom. The van der Waals surface area contributed by atoms with Crippen LogP contribution in [-0.2, 0) is 4.79 Å². The van der Waals surface area contributed by atoms with Crippen LogP contribution in [0, 0.1) is 75.9 Å². The van der Waals surface area contributed by atoms with Crippen molar-refractivity contribution in [3.05, 3.63) is 54.6 Å². The molecule has 0 heterocycles. The first-order valence-electron chi connectivity index (χ1n) is 18.9. The minimum absolute atomic E-state index is 0.0214. The summed E-state index contributed by atoms with van der Waals surface area (Å²) < 4.78 is 0. The first kappa shape index (κ1) is 28.4. The van der Waals surface area contributed by atoms with Crippen LogP contribution in [0.15, 0.2) is 54.6 Å². The molecule has 8 aliphatic rings. The molecular formula is C41H56N2O. The van der Waals surface area contributed by atoms with Crippen LogP contribution in [0.2, 0.25) is 0 Å². The standard InChI is InChI=1S/C41H56N2O/c1-25-33-20-27(26-9-5-6-10-26)21-35(33)39-36(23-40(25)17-7-8-18-40)41(39,38(42)24-44)29-13-14-31-28(19-29)22-34-32(31)15-16-37(34)43-30-11-3-2-4-12-30/h2-4,11-14,24,26-29,31-39,43H,1,5-10,15-23,42H2/t27-,28+,29-,31+,32-,33+,34-,35+,36+,37+,38-,39-,41+/m0/s1. The summed E-state index contributed by atoms with van der Waals surface area (Å²) in [4.78, 5) is 12.8. The average molecular weight is 593 g/mol. The normalized spacial score (nSPS) is 47.6. The van der Waals surface area contributed by atoms with Gasteiger partial charge in [-0.3, -0.25) is 0 Å². The zero-order valence-electron chi connectivity index (χ0n) is 26.9. The number of carbonyl (C=O) groups excluding carboxylic acids is 1. The van der Waals surface area contributed by atoms with Crippen molar-refractivity contribution in [3.8, 4) is 0 Å². The number of hydrogen-bond donors (Lipinski definition) is 2. The van der Waals surface area contributed by atoms with E-state index in [1.165, 1.54) is 108 Å². The molecule has 3 N–H and O–H groups in total. The van der Waals surface area contributed by atoms with E-state index >= 15 is 0 Å². The molecule has 1 spiro atoms. The molecule has 0 radical (unpaired) electrons. The number of carbonyl (C=O) groups is 1. The Hall–Kier alpha value is -1.87. The Bertz CT molecular complexity index is 1290. The summed E-state index contributed by atoms with van der Waals surface area (Å²) in [5.41, 5.74) is 10.3. The zero-order chi connectivity index (χ0) is 29.6. The van der Waals surface area contributed by atoms with Crippen molar-refractivity contribution in [1.29, 1.82) is 0 Å². The van der Waals surface area contributed by atoms with Crippen LogP contribution in [0.4, 0.5) is 5.69 Å². The van der Waals surface area contributed by atoms with Crippen molar-refractivity contribution >= 4 is 12.0 Å². The molecule has 9 rings (SSSR count). The molecule has 44 heavy (non-hydrogen) atoms. The van der Waals surface area contributed by atoms with Gasteiger partial charge in [0.1, 0.15) is 6.29 Å². The summed E-state index contributed by atoms with van der Waals surface area (Å²) in [5.74, 6) is 7.94. The summed E-state index contributed by atoms with van der Waals surface area (Å²) in [5, 5.41) is 3.94. The lowest BCUT2D eigenvalue weighted by Gasteiger charge is -2.42. The number of anilines is 1. The molecular weight excluding hydrogens is 536 g/mol. The quantitative estimate of drug-likeness (QED) is 0.256. The van der Waals surface area contributed by atoms with Crippen LogP contribution < -0.4 is 11.1 Å². The second-order valence-electron chi connectivity index (χ2n) is 17.4. The number of allylic oxidation sites excluding steroid dienone is 3. The Labute approximate surface area is 266 Å². The van der Waals surface area contributed by atoms with Gasteiger partial charge in [-0.05, 0) is 140 Å². The van der Waals surface area contributed by atoms with Crippen LogP contribution in [-0.4, -0.2) is 18.4 Å². The van der Waals surface area contributed by atoms with Crippen molar-refractivity contribution in [3.63, 3.8) is 0 Å². The van der Waals surface area contributed by atoms with Crippen LogP contribution in [0.5, 0.6) is 0 Å². The topological polar surface area (TPSA) is 55.1 Å². The van der Waals surface area contributed by atoms with Gasteiger partial charge in [0, 0.05) is 17.1 Å². The Morgan fingerprint density at radius 2 is 1.61 bits per heavy atom. The number of para-hydroxylation sites is 1. The van der Waals surface area contributed by atoms with E-state index < -0.39 is 0 Å². The molecule has 3 nitrogen and oxygen atoms in total. The highest BCUT2D eigenvalue weighted by Crippen LogP contribution is 2.79. The lowest BCUT2D eigenvalue weighted by atomic mass is 9.63. The first-order valence-corrected chi connectivity index (χ1v) is 18.9. The maximum absolute atomic E-state index is 12.8. The number of nitrogens with one attached hydrogen (secondary N) is 1. The van der Waals surface area contributed by atoms with Crippen LogP contribution in [0.25, 0.3) is 0 Å². The fourth-order valence-electron chi connectivity index (χ4n) is 14.4. The van der Waals surface area contributed by atoms with Gasteiger partial charge in [0.05, 0.1) is 6.04 Å². The molecule has 1 aromatic rings. The van der Waals surface area contributed by atoms with Gasteiger partial charge in [-0.2, -0.15) is 0 Å². The Kier molecular flexibility index (Phi) is 6.82. The number of rotatable bonds is 6. The van der Waals surface area contributed by atoms with Gasteiger partial charge in [-0.15, -0.1) is 0 Å². The van der Waals surface area contributed by atoms with Gasteiger partial charge in [-0.25, -0.2) is 0 Å². The molecule has 1 aromatic carbocycles. The highest BCUT2D eigenvalue weighted by Gasteiger charge is 2.76. The van der Waals surface area contributed by atoms with Crippen molar-refractivity contribution in [2.24, 2.45) is 81.7 Å². The highest BCUT2D eigenvalue weighted by molar-refractivity contribution is 5.62. The second kappa shape index (κ2) is 10.6. The van der Waals surface area contributed by atoms with E-state index in [-0.39, 0.29) is 11.5 Å². The van der Waals surface area contributed by atoms with Crippen LogP contribution in [0.3, 0.4) is 0 Å². The van der Waals surface area contributed by atoms with E-state index in [0.717, 1.165) is 35.5 Å². The van der Waals surface area contributed by atoms with E-state index in [0.29, 0.717) is 41.0 Å². The van der Waals surface area contributed by atoms with E-state index in [9.17, 15) is 4.79 Å². The van der Waals surface area contributed by atoms with E-state index in [1.54, 1.807) is 5.57 Å². The predicted molar refractivity (Wildman–Crippen MR) is 179 cm³/mol. The SMILES string of the molecule is C=C1[C@H]2C[C@H](C3CCCC3)C[C@H]2[C@H]2[C@@H](CC13CCCC3)[C@@]2([C@@H](N)C=O)[C@H]1C=C[C@@H]2[C@@H](C[C@H]3[C@H]2CC[C@H]3Nc2ccccc2)C1. The van der Waals surface area contributed by atoms with Crippen LogP contribution >= 0.6 is 0 Å². The molecule has 0 saturated heterocycles. The van der Waals surface area contributed by atoms with Gasteiger partial charge >= 0.3 is 0 Å². The van der Waals surface area contributed by atoms with Gasteiger partial charge in [0.25, 0.3) is 0 Å². The maximum Gasteiger partial charge on any atom is 0.137 e. The number of aldehydes is 1. The summed E-state index contributed by atoms with van der Waals surface area (Å²) in [6.07, 6.45) is 27.0. The van der Waals surface area contributed by atoms with Crippen molar-refractivity contribution in [1.82, 2.24) is 0 Å². The first-order chi connectivity index (χ1) is 21.5. The summed E-state index contributed by atoms with van der Waals surface area (Å²) in [6.45, 7) is 4.99. The molecule has 7 saturated carbocycles. The lowest BCUT2D eigenvalue weighted by molar-refractivity contribution is -0.111. The predicted octanol–water partition coefficient (Wildman–Crippen LogP) is 8.82. The lowest BCUT2D eigenvalue weighted by Crippen LogP contribution is -2.44. The molecule has 0 aromatic heterocycles. The van der Waals surface area contributed by atoms with Gasteiger partial charge in [-0.1, -0.05) is 81.0 Å². The molecule has 7 fully saturated rings. The highest BCUT2D eigenvalue weighted by atomic mass is 16.1. The summed E-state index contributed by atoms with van der Waals surface area (Å²) in [7, 11) is 0. The second-order valence-corrected chi connectivity index (χ2v) is 17.4. The van der Waals surface area contributed by atoms with Gasteiger partial charge in [0.2, 0.25) is 0 Å². The molecule has 0 amide bonds. The third-order valence-electron chi connectivity index (χ3n) is 16.1. The fourth-order valence-corrected chi connectivity index (χ4v) is 14.4.